The van der Waals surface area contributed by atoms with Crippen LogP contribution in [0.2, 0.25) is 0 Å². The summed E-state index contributed by atoms with van der Waals surface area (Å²) in [5.74, 6) is 0. The fourth-order valence-corrected chi connectivity index (χ4v) is 0.965. The second-order valence-electron chi connectivity index (χ2n) is 2.22. The van der Waals surface area contributed by atoms with E-state index >= 15 is 0 Å². The van der Waals surface area contributed by atoms with Gasteiger partial charge in [0.1, 0.15) is 0 Å². The van der Waals surface area contributed by atoms with Crippen LogP contribution in [0.3, 0.4) is 0 Å². The molecule has 56 valence electrons. The van der Waals surface area contributed by atoms with Crippen molar-refractivity contribution in [2.45, 2.75) is 13.0 Å². The highest BCUT2D eigenvalue weighted by molar-refractivity contribution is 9.10. The van der Waals surface area contributed by atoms with Gasteiger partial charge >= 0.3 is 0 Å². The van der Waals surface area contributed by atoms with Gasteiger partial charge in [-0.1, -0.05) is 0 Å². The zero-order valence-electron chi connectivity index (χ0n) is 5.79. The monoisotopic (exact) mass is 203 g/mol. The highest BCUT2D eigenvalue weighted by Crippen LogP contribution is 2.09. The third-order valence-corrected chi connectivity index (χ3v) is 1.77. The van der Waals surface area contributed by atoms with E-state index in [1.165, 1.54) is 0 Å². The lowest BCUT2D eigenvalue weighted by atomic mass is 10.3. The lowest BCUT2D eigenvalue weighted by Crippen LogP contribution is -2.16. The molecule has 0 amide bonds. The normalized spacial score (nSPS) is 13.5. The third-order valence-electron chi connectivity index (χ3n) is 1.36. The molecule has 1 rings (SSSR count). The topological polar surface area (TPSA) is 43.8 Å². The minimum absolute atomic E-state index is 0.284. The molecule has 10 heavy (non-hydrogen) atoms. The fourth-order valence-electron chi connectivity index (χ4n) is 0.664. The van der Waals surface area contributed by atoms with E-state index in [9.17, 15) is 0 Å². The zero-order chi connectivity index (χ0) is 7.56. The summed E-state index contributed by atoms with van der Waals surface area (Å²) in [6.07, 6.45) is 3.67. The molecule has 0 aromatic carbocycles. The van der Waals surface area contributed by atoms with Crippen LogP contribution in [0.15, 0.2) is 16.9 Å². The summed E-state index contributed by atoms with van der Waals surface area (Å²) in [5.41, 5.74) is 5.44. The first-order chi connectivity index (χ1) is 4.74. The van der Waals surface area contributed by atoms with Gasteiger partial charge in [-0.2, -0.15) is 5.10 Å². The molecule has 1 aromatic rings. The minimum atomic E-state index is 0.284. The third kappa shape index (κ3) is 1.58. The summed E-state index contributed by atoms with van der Waals surface area (Å²) in [4.78, 5) is 0. The molecular weight excluding hydrogens is 194 g/mol. The Morgan fingerprint density at radius 2 is 2.60 bits per heavy atom. The molecule has 1 unspecified atom stereocenters. The predicted molar refractivity (Wildman–Crippen MR) is 43.7 cm³/mol. The van der Waals surface area contributed by atoms with E-state index in [-0.39, 0.29) is 6.04 Å². The van der Waals surface area contributed by atoms with Crippen LogP contribution >= 0.6 is 15.9 Å². The number of hydrogen-bond acceptors (Lipinski definition) is 2. The quantitative estimate of drug-likeness (QED) is 0.785. The number of halogens is 1. The van der Waals surface area contributed by atoms with Crippen LogP contribution in [0.25, 0.3) is 0 Å². The van der Waals surface area contributed by atoms with Crippen molar-refractivity contribution in [3.63, 3.8) is 0 Å². The zero-order valence-corrected chi connectivity index (χ0v) is 7.37. The van der Waals surface area contributed by atoms with E-state index in [1.54, 1.807) is 6.20 Å². The van der Waals surface area contributed by atoms with E-state index in [4.69, 9.17) is 5.73 Å². The summed E-state index contributed by atoms with van der Waals surface area (Å²) in [6.45, 7) is 2.65. The molecule has 0 aliphatic heterocycles. The highest BCUT2D eigenvalue weighted by atomic mass is 79.9. The Bertz CT molecular complexity index is 209. The van der Waals surface area contributed by atoms with E-state index < -0.39 is 0 Å². The minimum Gasteiger partial charge on any atom is -0.328 e. The Kier molecular flexibility index (Phi) is 2.45. The lowest BCUT2D eigenvalue weighted by Gasteiger charge is -2.06. The van der Waals surface area contributed by atoms with Gasteiger partial charge in [-0.15, -0.1) is 0 Å². The van der Waals surface area contributed by atoms with Gasteiger partial charge in [0.2, 0.25) is 0 Å². The Morgan fingerprint density at radius 1 is 1.90 bits per heavy atom. The smallest absolute Gasteiger partial charge is 0.0632 e. The van der Waals surface area contributed by atoms with E-state index in [0.29, 0.717) is 6.54 Å². The van der Waals surface area contributed by atoms with E-state index in [0.717, 1.165) is 4.47 Å². The van der Waals surface area contributed by atoms with Crippen molar-refractivity contribution in [3.05, 3.63) is 16.9 Å². The van der Waals surface area contributed by atoms with Crippen LogP contribution < -0.4 is 5.73 Å². The molecule has 1 atom stereocenters. The molecule has 4 heteroatoms. The lowest BCUT2D eigenvalue weighted by molar-refractivity contribution is 0.500. The molecule has 0 bridgehead atoms. The van der Waals surface area contributed by atoms with Crippen LogP contribution in [-0.4, -0.2) is 16.3 Å². The van der Waals surface area contributed by atoms with Crippen LogP contribution in [-0.2, 0) is 0 Å². The Hall–Kier alpha value is -0.350. The summed E-state index contributed by atoms with van der Waals surface area (Å²) in [5, 5.41) is 4.08. The van der Waals surface area contributed by atoms with Crippen molar-refractivity contribution >= 4 is 15.9 Å². The van der Waals surface area contributed by atoms with Crippen molar-refractivity contribution in [1.29, 1.82) is 0 Å². The van der Waals surface area contributed by atoms with Crippen LogP contribution in [0.4, 0.5) is 0 Å². The van der Waals surface area contributed by atoms with Gasteiger partial charge in [0.25, 0.3) is 0 Å². The molecule has 0 fully saturated rings. The number of hydrogen-bond donors (Lipinski definition) is 1. The SMILES string of the molecule is CC(CN)n1cc(Br)cn1. The van der Waals surface area contributed by atoms with Crippen molar-refractivity contribution in [3.8, 4) is 0 Å². The van der Waals surface area contributed by atoms with Gasteiger partial charge in [0, 0.05) is 12.7 Å². The first-order valence-electron chi connectivity index (χ1n) is 3.13. The molecule has 0 saturated heterocycles. The summed E-state index contributed by atoms with van der Waals surface area (Å²) in [6, 6.07) is 0.284. The summed E-state index contributed by atoms with van der Waals surface area (Å²) in [7, 11) is 0. The van der Waals surface area contributed by atoms with Crippen LogP contribution in [0.5, 0.6) is 0 Å². The first-order valence-corrected chi connectivity index (χ1v) is 3.93. The van der Waals surface area contributed by atoms with E-state index in [2.05, 4.69) is 21.0 Å². The summed E-state index contributed by atoms with van der Waals surface area (Å²) < 4.78 is 2.83. The van der Waals surface area contributed by atoms with Crippen molar-refractivity contribution < 1.29 is 0 Å². The van der Waals surface area contributed by atoms with Crippen LogP contribution in [0, 0.1) is 0 Å². The first kappa shape index (κ1) is 7.75. The van der Waals surface area contributed by atoms with Gasteiger partial charge in [-0.25, -0.2) is 0 Å². The fraction of sp³-hybridized carbons (Fsp3) is 0.500. The molecule has 0 aliphatic carbocycles. The second kappa shape index (κ2) is 3.16. The van der Waals surface area contributed by atoms with Gasteiger partial charge in [-0.05, 0) is 22.9 Å². The molecule has 1 heterocycles. The van der Waals surface area contributed by atoms with Gasteiger partial charge < -0.3 is 5.73 Å². The number of aromatic nitrogens is 2. The molecule has 0 radical (unpaired) electrons. The average Bonchev–Trinajstić information content (AvgIpc) is 2.34. The second-order valence-corrected chi connectivity index (χ2v) is 3.14. The van der Waals surface area contributed by atoms with Gasteiger partial charge in [-0.3, -0.25) is 4.68 Å². The number of rotatable bonds is 2. The predicted octanol–water partition coefficient (Wildman–Crippen LogP) is 1.17. The molecule has 2 N–H and O–H groups in total. The molecule has 3 nitrogen and oxygen atoms in total. The molecule has 0 saturated carbocycles. The Morgan fingerprint density at radius 3 is 3.00 bits per heavy atom. The maximum atomic E-state index is 5.44. The maximum Gasteiger partial charge on any atom is 0.0632 e. The molecule has 0 spiro atoms. The van der Waals surface area contributed by atoms with Gasteiger partial charge in [0.15, 0.2) is 0 Å². The van der Waals surface area contributed by atoms with Crippen molar-refractivity contribution in [2.24, 2.45) is 5.73 Å². The number of nitrogens with zero attached hydrogens (tertiary/aromatic N) is 2. The number of nitrogens with two attached hydrogens (primary N) is 1. The largest absolute Gasteiger partial charge is 0.328 e. The standard InChI is InChI=1S/C6H10BrN3/c1-5(2-8)10-4-6(7)3-9-10/h3-5H,2,8H2,1H3. The van der Waals surface area contributed by atoms with Crippen LogP contribution in [0.1, 0.15) is 13.0 Å². The maximum absolute atomic E-state index is 5.44. The van der Waals surface area contributed by atoms with E-state index in [1.807, 2.05) is 17.8 Å². The van der Waals surface area contributed by atoms with Crippen molar-refractivity contribution in [2.75, 3.05) is 6.54 Å². The summed E-state index contributed by atoms with van der Waals surface area (Å²) >= 11 is 3.31. The molecule has 1 aromatic heterocycles. The Labute approximate surface area is 68.3 Å². The van der Waals surface area contributed by atoms with Gasteiger partial charge in [0.05, 0.1) is 16.7 Å². The highest BCUT2D eigenvalue weighted by Gasteiger charge is 2.01. The average molecular weight is 204 g/mol. The Balaban J connectivity index is 2.74. The molecular formula is C6H10BrN3. The molecule has 0 aliphatic rings. The van der Waals surface area contributed by atoms with Crippen molar-refractivity contribution in [1.82, 2.24) is 9.78 Å².